The normalized spacial score (nSPS) is 15.1. The molecule has 1 fully saturated rings. The Morgan fingerprint density at radius 3 is 2.44 bits per heavy atom. The summed E-state index contributed by atoms with van der Waals surface area (Å²) in [6.45, 7) is 2.06. The van der Waals surface area contributed by atoms with Crippen LogP contribution in [0.5, 0.6) is 0 Å². The third-order valence-electron chi connectivity index (χ3n) is 4.64. The summed E-state index contributed by atoms with van der Waals surface area (Å²) in [5.41, 5.74) is 3.87. The number of aromatic nitrogens is 2. The number of halogens is 3. The topological polar surface area (TPSA) is 37.8 Å². The van der Waals surface area contributed by atoms with Crippen molar-refractivity contribution in [2.45, 2.75) is 18.8 Å². The van der Waals surface area contributed by atoms with Crippen molar-refractivity contribution in [2.24, 2.45) is 0 Å². The van der Waals surface area contributed by atoms with E-state index in [-0.39, 0.29) is 12.4 Å². The molecule has 0 radical (unpaired) electrons. The van der Waals surface area contributed by atoms with Gasteiger partial charge in [0.15, 0.2) is 0 Å². The van der Waals surface area contributed by atoms with Gasteiger partial charge in [0.1, 0.15) is 6.33 Å². The van der Waals surface area contributed by atoms with Crippen LogP contribution in [-0.2, 0) is 0 Å². The second kappa shape index (κ2) is 7.88. The van der Waals surface area contributed by atoms with Crippen molar-refractivity contribution >= 4 is 46.5 Å². The lowest BCUT2D eigenvalue weighted by Crippen LogP contribution is -2.27. The van der Waals surface area contributed by atoms with Crippen LogP contribution in [0, 0.1) is 0 Å². The fourth-order valence-electron chi connectivity index (χ4n) is 3.40. The minimum Gasteiger partial charge on any atom is -0.317 e. The molecule has 0 amide bonds. The monoisotopic (exact) mass is 393 g/mol. The molecule has 1 saturated heterocycles. The second-order valence-electron chi connectivity index (χ2n) is 6.11. The van der Waals surface area contributed by atoms with Crippen molar-refractivity contribution in [3.63, 3.8) is 0 Å². The highest BCUT2D eigenvalue weighted by Gasteiger charge is 2.20. The summed E-state index contributed by atoms with van der Waals surface area (Å²) in [4.78, 5) is 9.01. The van der Waals surface area contributed by atoms with Gasteiger partial charge in [-0.05, 0) is 44.1 Å². The zero-order chi connectivity index (χ0) is 16.5. The predicted molar refractivity (Wildman–Crippen MR) is 107 cm³/mol. The molecule has 3 nitrogen and oxygen atoms in total. The van der Waals surface area contributed by atoms with E-state index in [0.29, 0.717) is 16.0 Å². The predicted octanol–water partition coefficient (Wildman–Crippen LogP) is 5.49. The van der Waals surface area contributed by atoms with Gasteiger partial charge in [0, 0.05) is 27.5 Å². The summed E-state index contributed by atoms with van der Waals surface area (Å²) in [5, 5.41) is 5.83. The van der Waals surface area contributed by atoms with Crippen LogP contribution in [0.3, 0.4) is 0 Å². The number of hydrogen-bond acceptors (Lipinski definition) is 3. The van der Waals surface area contributed by atoms with Crippen LogP contribution in [0.1, 0.15) is 24.5 Å². The fourth-order valence-corrected chi connectivity index (χ4v) is 3.90. The van der Waals surface area contributed by atoms with Crippen LogP contribution in [-0.4, -0.2) is 23.1 Å². The third kappa shape index (κ3) is 3.61. The molecule has 0 spiro atoms. The van der Waals surface area contributed by atoms with Gasteiger partial charge in [-0.15, -0.1) is 12.4 Å². The second-order valence-corrected chi connectivity index (χ2v) is 6.93. The molecule has 3 aromatic rings. The highest BCUT2D eigenvalue weighted by molar-refractivity contribution is 6.37. The first-order valence-electron chi connectivity index (χ1n) is 8.14. The van der Waals surface area contributed by atoms with Gasteiger partial charge in [0.25, 0.3) is 0 Å². The molecule has 2 aromatic carbocycles. The van der Waals surface area contributed by atoms with Crippen molar-refractivity contribution in [2.75, 3.05) is 13.1 Å². The molecule has 130 valence electrons. The molecule has 2 heterocycles. The minimum absolute atomic E-state index is 0. The SMILES string of the molecule is Cl.Clc1ccccc1-c1cc2c(C3CCNCC3)ncnc2cc1Cl. The van der Waals surface area contributed by atoms with Crippen molar-refractivity contribution in [3.05, 3.63) is 58.5 Å². The maximum Gasteiger partial charge on any atom is 0.116 e. The highest BCUT2D eigenvalue weighted by atomic mass is 35.5. The number of nitrogens with one attached hydrogen (secondary N) is 1. The van der Waals surface area contributed by atoms with Crippen molar-refractivity contribution in [3.8, 4) is 11.1 Å². The molecule has 1 aromatic heterocycles. The molecule has 4 rings (SSSR count). The Labute approximate surface area is 163 Å². The molecule has 0 unspecified atom stereocenters. The Kier molecular flexibility index (Phi) is 5.80. The average Bonchev–Trinajstić information content (AvgIpc) is 2.62. The van der Waals surface area contributed by atoms with Crippen LogP contribution in [0.25, 0.3) is 22.0 Å². The Hall–Kier alpha value is -1.39. The molecule has 1 N–H and O–H groups in total. The zero-order valence-electron chi connectivity index (χ0n) is 13.5. The number of fused-ring (bicyclic) bond motifs is 1. The molecule has 6 heteroatoms. The van der Waals surface area contributed by atoms with Crippen LogP contribution < -0.4 is 5.32 Å². The summed E-state index contributed by atoms with van der Waals surface area (Å²) >= 11 is 12.9. The molecular weight excluding hydrogens is 377 g/mol. The summed E-state index contributed by atoms with van der Waals surface area (Å²) < 4.78 is 0. The molecule has 0 saturated carbocycles. The zero-order valence-corrected chi connectivity index (χ0v) is 15.8. The van der Waals surface area contributed by atoms with E-state index in [0.717, 1.165) is 53.7 Å². The number of hydrogen-bond donors (Lipinski definition) is 1. The van der Waals surface area contributed by atoms with Crippen molar-refractivity contribution < 1.29 is 0 Å². The summed E-state index contributed by atoms with van der Waals surface area (Å²) in [6, 6.07) is 11.8. The van der Waals surface area contributed by atoms with E-state index in [4.69, 9.17) is 23.2 Å². The highest BCUT2D eigenvalue weighted by Crippen LogP contribution is 2.38. The van der Waals surface area contributed by atoms with Gasteiger partial charge in [-0.25, -0.2) is 9.97 Å². The van der Waals surface area contributed by atoms with Gasteiger partial charge in [-0.2, -0.15) is 0 Å². The number of rotatable bonds is 2. The number of piperidine rings is 1. The van der Waals surface area contributed by atoms with Gasteiger partial charge in [-0.3, -0.25) is 0 Å². The standard InChI is InChI=1S/C19H17Cl2N3.ClH/c20-16-4-2-1-3-13(16)14-9-15-18(10-17(14)21)23-11-24-19(15)12-5-7-22-8-6-12;/h1-4,9-12,22H,5-8H2;1H. The van der Waals surface area contributed by atoms with Gasteiger partial charge in [0.05, 0.1) is 16.2 Å². The van der Waals surface area contributed by atoms with Crippen LogP contribution in [0.4, 0.5) is 0 Å². The van der Waals surface area contributed by atoms with E-state index in [1.165, 1.54) is 0 Å². The summed E-state index contributed by atoms with van der Waals surface area (Å²) in [5.74, 6) is 0.456. The maximum absolute atomic E-state index is 6.52. The maximum atomic E-state index is 6.52. The molecular formula is C19H18Cl3N3. The molecule has 0 bridgehead atoms. The Balaban J connectivity index is 0.00000182. The smallest absolute Gasteiger partial charge is 0.116 e. The third-order valence-corrected chi connectivity index (χ3v) is 5.29. The fraction of sp³-hybridized carbons (Fsp3) is 0.263. The van der Waals surface area contributed by atoms with Crippen LogP contribution in [0.15, 0.2) is 42.7 Å². The van der Waals surface area contributed by atoms with Gasteiger partial charge in [0.2, 0.25) is 0 Å². The first kappa shape index (κ1) is 18.4. The lowest BCUT2D eigenvalue weighted by atomic mass is 9.91. The Morgan fingerprint density at radius 1 is 0.920 bits per heavy atom. The van der Waals surface area contributed by atoms with Gasteiger partial charge >= 0.3 is 0 Å². The average molecular weight is 395 g/mol. The van der Waals surface area contributed by atoms with E-state index in [2.05, 4.69) is 21.4 Å². The van der Waals surface area contributed by atoms with Crippen molar-refractivity contribution in [1.29, 1.82) is 0 Å². The van der Waals surface area contributed by atoms with E-state index in [1.807, 2.05) is 30.3 Å². The van der Waals surface area contributed by atoms with E-state index in [1.54, 1.807) is 6.33 Å². The number of benzene rings is 2. The molecule has 0 atom stereocenters. The van der Waals surface area contributed by atoms with Crippen LogP contribution >= 0.6 is 35.6 Å². The minimum atomic E-state index is 0. The van der Waals surface area contributed by atoms with E-state index in [9.17, 15) is 0 Å². The lowest BCUT2D eigenvalue weighted by Gasteiger charge is -2.23. The van der Waals surface area contributed by atoms with E-state index >= 15 is 0 Å². The Morgan fingerprint density at radius 2 is 1.68 bits per heavy atom. The van der Waals surface area contributed by atoms with Crippen molar-refractivity contribution in [1.82, 2.24) is 15.3 Å². The molecule has 0 aliphatic carbocycles. The first-order chi connectivity index (χ1) is 11.7. The number of nitrogens with zero attached hydrogens (tertiary/aromatic N) is 2. The lowest BCUT2D eigenvalue weighted by molar-refractivity contribution is 0.455. The van der Waals surface area contributed by atoms with Crippen LogP contribution in [0.2, 0.25) is 10.0 Å². The quantitative estimate of drug-likeness (QED) is 0.624. The molecule has 1 aliphatic heterocycles. The van der Waals surface area contributed by atoms with Gasteiger partial charge < -0.3 is 5.32 Å². The summed E-state index contributed by atoms with van der Waals surface area (Å²) in [7, 11) is 0. The van der Waals surface area contributed by atoms with E-state index < -0.39 is 0 Å². The molecule has 1 aliphatic rings. The van der Waals surface area contributed by atoms with Gasteiger partial charge in [-0.1, -0.05) is 41.4 Å². The summed E-state index contributed by atoms with van der Waals surface area (Å²) in [6.07, 6.45) is 3.83. The Bertz CT molecular complexity index is 892. The molecule has 25 heavy (non-hydrogen) atoms. The largest absolute Gasteiger partial charge is 0.317 e. The first-order valence-corrected chi connectivity index (χ1v) is 8.89.